The Bertz CT molecular complexity index is 1410. The Balaban J connectivity index is 1.76. The SMILES string of the molecule is Cc1ccc(-c2c(C(=O)N3c4ccc(F)cc4CC[C@H]3C)oc(=O)c3ccccc23)cc1. The minimum absolute atomic E-state index is 0.00146. The zero-order valence-corrected chi connectivity index (χ0v) is 17.9. The number of nitrogens with zero attached hydrogens (tertiary/aromatic N) is 1. The van der Waals surface area contributed by atoms with Crippen molar-refractivity contribution in [2.24, 2.45) is 0 Å². The van der Waals surface area contributed by atoms with Crippen LogP contribution in [0.25, 0.3) is 21.9 Å². The van der Waals surface area contributed by atoms with Crippen LogP contribution in [-0.4, -0.2) is 11.9 Å². The fourth-order valence-corrected chi connectivity index (χ4v) is 4.50. The van der Waals surface area contributed by atoms with E-state index in [0.29, 0.717) is 34.9 Å². The second-order valence-corrected chi connectivity index (χ2v) is 8.34. The van der Waals surface area contributed by atoms with E-state index in [4.69, 9.17) is 4.42 Å². The first kappa shape index (κ1) is 20.2. The molecule has 0 unspecified atom stereocenters. The van der Waals surface area contributed by atoms with Crippen molar-refractivity contribution in [3.05, 3.63) is 99.9 Å². The number of benzene rings is 3. The molecule has 0 aliphatic carbocycles. The van der Waals surface area contributed by atoms with Gasteiger partial charge < -0.3 is 9.32 Å². The molecule has 0 bridgehead atoms. The highest BCUT2D eigenvalue weighted by Crippen LogP contribution is 2.36. The molecular weight excluding hydrogens is 405 g/mol. The highest BCUT2D eigenvalue weighted by atomic mass is 19.1. The Labute approximate surface area is 184 Å². The van der Waals surface area contributed by atoms with E-state index >= 15 is 0 Å². The summed E-state index contributed by atoms with van der Waals surface area (Å²) in [5.41, 5.74) is 3.35. The molecule has 4 aromatic rings. The largest absolute Gasteiger partial charge is 0.416 e. The topological polar surface area (TPSA) is 50.5 Å². The van der Waals surface area contributed by atoms with E-state index in [1.165, 1.54) is 12.1 Å². The molecule has 1 aliphatic rings. The minimum atomic E-state index is -0.552. The van der Waals surface area contributed by atoms with E-state index in [1.54, 1.807) is 23.1 Å². The molecule has 5 rings (SSSR count). The fourth-order valence-electron chi connectivity index (χ4n) is 4.50. The summed E-state index contributed by atoms with van der Waals surface area (Å²) in [4.78, 5) is 28.4. The first-order chi connectivity index (χ1) is 15.4. The zero-order chi connectivity index (χ0) is 22.4. The smallest absolute Gasteiger partial charge is 0.344 e. The summed E-state index contributed by atoms with van der Waals surface area (Å²) >= 11 is 0. The van der Waals surface area contributed by atoms with Crippen molar-refractivity contribution in [1.29, 1.82) is 0 Å². The van der Waals surface area contributed by atoms with Crippen LogP contribution < -0.4 is 10.5 Å². The predicted octanol–water partition coefficient (Wildman–Crippen LogP) is 5.89. The van der Waals surface area contributed by atoms with Crippen LogP contribution in [0.4, 0.5) is 10.1 Å². The standard InChI is InChI=1S/C27H22FNO3/c1-16-7-10-18(11-8-16)24-21-5-3-4-6-22(21)27(31)32-25(24)26(30)29-17(2)9-12-19-15-20(28)13-14-23(19)29/h3-8,10-11,13-15,17H,9,12H2,1-2H3/t17-/m1/s1. The maximum atomic E-state index is 13.9. The van der Waals surface area contributed by atoms with Crippen molar-refractivity contribution in [2.45, 2.75) is 32.7 Å². The fraction of sp³-hybridized carbons (Fsp3) is 0.185. The molecule has 0 saturated carbocycles. The second-order valence-electron chi connectivity index (χ2n) is 8.34. The molecule has 0 saturated heterocycles. The maximum absolute atomic E-state index is 13.9. The van der Waals surface area contributed by atoms with E-state index in [2.05, 4.69) is 0 Å². The van der Waals surface area contributed by atoms with Gasteiger partial charge in [-0.3, -0.25) is 4.79 Å². The molecule has 1 amide bonds. The number of hydrogen-bond donors (Lipinski definition) is 0. The summed E-state index contributed by atoms with van der Waals surface area (Å²) in [5.74, 6) is -0.728. The quantitative estimate of drug-likeness (QED) is 0.401. The lowest BCUT2D eigenvalue weighted by Crippen LogP contribution is -2.42. The van der Waals surface area contributed by atoms with Gasteiger partial charge >= 0.3 is 5.63 Å². The van der Waals surface area contributed by atoms with Crippen molar-refractivity contribution >= 4 is 22.4 Å². The van der Waals surface area contributed by atoms with E-state index in [9.17, 15) is 14.0 Å². The third kappa shape index (κ3) is 3.30. The van der Waals surface area contributed by atoms with E-state index in [-0.39, 0.29) is 17.6 Å². The Morgan fingerprint density at radius 2 is 1.75 bits per heavy atom. The van der Waals surface area contributed by atoms with Gasteiger partial charge in [0.2, 0.25) is 5.76 Å². The molecule has 2 heterocycles. The van der Waals surface area contributed by atoms with Crippen LogP contribution in [-0.2, 0) is 6.42 Å². The van der Waals surface area contributed by atoms with Gasteiger partial charge in [-0.25, -0.2) is 9.18 Å². The van der Waals surface area contributed by atoms with Gasteiger partial charge in [0, 0.05) is 22.7 Å². The lowest BCUT2D eigenvalue weighted by atomic mass is 9.94. The van der Waals surface area contributed by atoms with Gasteiger partial charge in [-0.2, -0.15) is 0 Å². The third-order valence-corrected chi connectivity index (χ3v) is 6.16. The first-order valence-corrected chi connectivity index (χ1v) is 10.7. The van der Waals surface area contributed by atoms with Crippen molar-refractivity contribution in [1.82, 2.24) is 0 Å². The second kappa shape index (κ2) is 7.75. The molecule has 5 heteroatoms. The zero-order valence-electron chi connectivity index (χ0n) is 17.9. The van der Waals surface area contributed by atoms with Crippen LogP contribution in [0.15, 0.2) is 75.9 Å². The molecule has 0 radical (unpaired) electrons. The van der Waals surface area contributed by atoms with Crippen molar-refractivity contribution in [3.63, 3.8) is 0 Å². The van der Waals surface area contributed by atoms with Crippen LogP contribution in [0.1, 0.15) is 35.0 Å². The third-order valence-electron chi connectivity index (χ3n) is 6.16. The van der Waals surface area contributed by atoms with Gasteiger partial charge in [0.1, 0.15) is 5.82 Å². The summed E-state index contributed by atoms with van der Waals surface area (Å²) < 4.78 is 19.5. The molecule has 4 nitrogen and oxygen atoms in total. The Morgan fingerprint density at radius 1 is 1.03 bits per heavy atom. The predicted molar refractivity (Wildman–Crippen MR) is 124 cm³/mol. The minimum Gasteiger partial charge on any atom is -0.416 e. The highest BCUT2D eigenvalue weighted by Gasteiger charge is 2.33. The van der Waals surface area contributed by atoms with Gasteiger partial charge in [0.25, 0.3) is 5.91 Å². The average molecular weight is 427 g/mol. The Kier molecular flexibility index (Phi) is 4.89. The summed E-state index contributed by atoms with van der Waals surface area (Å²) in [6.45, 7) is 3.94. The summed E-state index contributed by atoms with van der Waals surface area (Å²) in [6.07, 6.45) is 1.38. The number of carbonyl (C=O) groups excluding carboxylic acids is 1. The van der Waals surface area contributed by atoms with Crippen LogP contribution in [0.5, 0.6) is 0 Å². The molecule has 32 heavy (non-hydrogen) atoms. The molecule has 0 N–H and O–H groups in total. The molecule has 0 fully saturated rings. The van der Waals surface area contributed by atoms with Crippen molar-refractivity contribution in [2.75, 3.05) is 4.90 Å². The summed E-state index contributed by atoms with van der Waals surface area (Å²) in [7, 11) is 0. The number of rotatable bonds is 2. The van der Waals surface area contributed by atoms with Crippen molar-refractivity contribution < 1.29 is 13.6 Å². The van der Waals surface area contributed by atoms with Crippen LogP contribution in [0, 0.1) is 12.7 Å². The lowest BCUT2D eigenvalue weighted by molar-refractivity contribution is 0.0945. The van der Waals surface area contributed by atoms with Gasteiger partial charge in [-0.1, -0.05) is 48.0 Å². The Morgan fingerprint density at radius 3 is 2.50 bits per heavy atom. The number of fused-ring (bicyclic) bond motifs is 2. The average Bonchev–Trinajstić information content (AvgIpc) is 2.79. The lowest BCUT2D eigenvalue weighted by Gasteiger charge is -2.35. The number of carbonyl (C=O) groups is 1. The van der Waals surface area contributed by atoms with Gasteiger partial charge in [0.15, 0.2) is 0 Å². The number of halogens is 1. The number of hydrogen-bond acceptors (Lipinski definition) is 3. The maximum Gasteiger partial charge on any atom is 0.344 e. The summed E-state index contributed by atoms with van der Waals surface area (Å²) in [6, 6.07) is 19.3. The van der Waals surface area contributed by atoms with E-state index < -0.39 is 11.5 Å². The van der Waals surface area contributed by atoms with Gasteiger partial charge in [-0.15, -0.1) is 0 Å². The molecule has 160 valence electrons. The van der Waals surface area contributed by atoms with Crippen LogP contribution in [0.3, 0.4) is 0 Å². The first-order valence-electron chi connectivity index (χ1n) is 10.7. The molecule has 1 atom stereocenters. The summed E-state index contributed by atoms with van der Waals surface area (Å²) in [5, 5.41) is 1.09. The van der Waals surface area contributed by atoms with Crippen molar-refractivity contribution in [3.8, 4) is 11.1 Å². The molecule has 1 aliphatic heterocycles. The normalized spacial score (nSPS) is 15.6. The van der Waals surface area contributed by atoms with Crippen LogP contribution in [0.2, 0.25) is 0 Å². The van der Waals surface area contributed by atoms with Gasteiger partial charge in [0.05, 0.1) is 5.39 Å². The van der Waals surface area contributed by atoms with Crippen LogP contribution >= 0.6 is 0 Å². The van der Waals surface area contributed by atoms with E-state index in [0.717, 1.165) is 16.7 Å². The van der Waals surface area contributed by atoms with E-state index in [1.807, 2.05) is 50.2 Å². The molecule has 3 aromatic carbocycles. The number of anilines is 1. The van der Waals surface area contributed by atoms with Gasteiger partial charge in [-0.05, 0) is 62.1 Å². The Hall–Kier alpha value is -3.73. The number of aryl methyl sites for hydroxylation is 2. The molecule has 0 spiro atoms. The highest BCUT2D eigenvalue weighted by molar-refractivity contribution is 6.13. The molecular formula is C27H22FNO3. The number of amides is 1. The molecule has 1 aromatic heterocycles. The monoisotopic (exact) mass is 427 g/mol.